The van der Waals surface area contributed by atoms with Crippen molar-refractivity contribution < 1.29 is 4.74 Å². The van der Waals surface area contributed by atoms with Gasteiger partial charge in [-0.05, 0) is 69.2 Å². The lowest BCUT2D eigenvalue weighted by atomic mass is 9.76. The maximum Gasteiger partial charge on any atom is 0.0835 e. The largest absolute Gasteiger partial charge is 0.367 e. The highest BCUT2D eigenvalue weighted by molar-refractivity contribution is 5.31. The Kier molecular flexibility index (Phi) is 4.42. The molecule has 0 aromatic heterocycles. The third kappa shape index (κ3) is 2.91. The van der Waals surface area contributed by atoms with Crippen LogP contribution in [0.15, 0.2) is 24.3 Å². The van der Waals surface area contributed by atoms with Crippen molar-refractivity contribution in [3.63, 3.8) is 0 Å². The molecule has 1 aromatic rings. The normalized spacial score (nSPS) is 23.9. The van der Waals surface area contributed by atoms with E-state index < -0.39 is 0 Å². The molecular formula is C18H27NO. The van der Waals surface area contributed by atoms with Crippen molar-refractivity contribution in [1.29, 1.82) is 0 Å². The number of rotatable bonds is 6. The van der Waals surface area contributed by atoms with Gasteiger partial charge in [0.25, 0.3) is 0 Å². The van der Waals surface area contributed by atoms with Crippen LogP contribution in [0.5, 0.6) is 0 Å². The van der Waals surface area contributed by atoms with Crippen LogP contribution in [0, 0.1) is 0 Å². The first kappa shape index (κ1) is 14.1. The summed E-state index contributed by atoms with van der Waals surface area (Å²) in [5, 5.41) is 3.45. The van der Waals surface area contributed by atoms with Gasteiger partial charge in [-0.2, -0.15) is 0 Å². The van der Waals surface area contributed by atoms with Crippen molar-refractivity contribution in [2.24, 2.45) is 0 Å². The van der Waals surface area contributed by atoms with E-state index >= 15 is 0 Å². The molecule has 0 heterocycles. The maximum absolute atomic E-state index is 6.65. The summed E-state index contributed by atoms with van der Waals surface area (Å²) < 4.78 is 6.65. The lowest BCUT2D eigenvalue weighted by molar-refractivity contribution is -0.149. The molecule has 3 rings (SSSR count). The van der Waals surface area contributed by atoms with Crippen molar-refractivity contribution in [3.05, 3.63) is 35.4 Å². The van der Waals surface area contributed by atoms with Crippen LogP contribution in [0.25, 0.3) is 0 Å². The summed E-state index contributed by atoms with van der Waals surface area (Å²) in [4.78, 5) is 0. The van der Waals surface area contributed by atoms with Gasteiger partial charge >= 0.3 is 0 Å². The van der Waals surface area contributed by atoms with Crippen LogP contribution in [-0.2, 0) is 11.2 Å². The van der Waals surface area contributed by atoms with E-state index in [1.807, 2.05) is 0 Å². The number of hydrogen-bond donors (Lipinski definition) is 1. The zero-order chi connectivity index (χ0) is 13.8. The molecule has 0 saturated heterocycles. The maximum atomic E-state index is 6.65. The summed E-state index contributed by atoms with van der Waals surface area (Å²) in [5.41, 5.74) is 3.12. The first-order valence-corrected chi connectivity index (χ1v) is 8.29. The molecule has 0 aliphatic heterocycles. The van der Waals surface area contributed by atoms with E-state index in [4.69, 9.17) is 4.74 Å². The van der Waals surface area contributed by atoms with Crippen LogP contribution >= 0.6 is 0 Å². The Morgan fingerprint density at radius 3 is 2.85 bits per heavy atom. The summed E-state index contributed by atoms with van der Waals surface area (Å²) in [7, 11) is 0. The van der Waals surface area contributed by atoms with Gasteiger partial charge in [-0.3, -0.25) is 0 Å². The Balaban J connectivity index is 1.68. The highest BCUT2D eigenvalue weighted by Crippen LogP contribution is 2.44. The molecule has 1 fully saturated rings. The van der Waals surface area contributed by atoms with E-state index in [1.54, 1.807) is 0 Å². The van der Waals surface area contributed by atoms with Gasteiger partial charge in [-0.25, -0.2) is 0 Å². The van der Waals surface area contributed by atoms with Gasteiger partial charge in [0, 0.05) is 0 Å². The Hall–Kier alpha value is -0.860. The second-order valence-corrected chi connectivity index (χ2v) is 6.34. The Bertz CT molecular complexity index is 439. The summed E-state index contributed by atoms with van der Waals surface area (Å²) in [6.07, 6.45) is 9.02. The van der Waals surface area contributed by atoms with Gasteiger partial charge in [-0.15, -0.1) is 0 Å². The average molecular weight is 273 g/mol. The third-order valence-electron chi connectivity index (χ3n) is 4.98. The fourth-order valence-electron chi connectivity index (χ4n) is 3.62. The minimum atomic E-state index is 0.164. The SMILES string of the molecule is CCNCCC1(OC2CCCc3ccccc32)CCC1. The molecule has 0 spiro atoms. The summed E-state index contributed by atoms with van der Waals surface area (Å²) in [6.45, 7) is 4.32. The number of hydrogen-bond acceptors (Lipinski definition) is 2. The second-order valence-electron chi connectivity index (χ2n) is 6.34. The Morgan fingerprint density at radius 2 is 2.10 bits per heavy atom. The van der Waals surface area contributed by atoms with Crippen LogP contribution in [0.1, 0.15) is 62.7 Å². The zero-order valence-corrected chi connectivity index (χ0v) is 12.7. The van der Waals surface area contributed by atoms with Crippen LogP contribution in [0.2, 0.25) is 0 Å². The summed E-state index contributed by atoms with van der Waals surface area (Å²) in [5.74, 6) is 0. The molecule has 0 radical (unpaired) electrons. The smallest absolute Gasteiger partial charge is 0.0835 e. The lowest BCUT2D eigenvalue weighted by Gasteiger charge is -2.45. The monoisotopic (exact) mass is 273 g/mol. The third-order valence-corrected chi connectivity index (χ3v) is 4.98. The fraction of sp³-hybridized carbons (Fsp3) is 0.667. The highest BCUT2D eigenvalue weighted by Gasteiger charge is 2.40. The molecule has 2 aliphatic rings. The van der Waals surface area contributed by atoms with Crippen molar-refractivity contribution in [3.8, 4) is 0 Å². The van der Waals surface area contributed by atoms with Gasteiger partial charge in [0.15, 0.2) is 0 Å². The number of aryl methyl sites for hydroxylation is 1. The zero-order valence-electron chi connectivity index (χ0n) is 12.7. The number of nitrogens with one attached hydrogen (secondary N) is 1. The first-order chi connectivity index (χ1) is 9.83. The molecule has 2 nitrogen and oxygen atoms in total. The van der Waals surface area contributed by atoms with Gasteiger partial charge < -0.3 is 10.1 Å². The molecule has 1 N–H and O–H groups in total. The first-order valence-electron chi connectivity index (χ1n) is 8.29. The molecule has 20 heavy (non-hydrogen) atoms. The molecule has 1 aromatic carbocycles. The van der Waals surface area contributed by atoms with Gasteiger partial charge in [-0.1, -0.05) is 31.2 Å². The van der Waals surface area contributed by atoms with E-state index in [0.717, 1.165) is 13.1 Å². The van der Waals surface area contributed by atoms with Crippen LogP contribution in [0.4, 0.5) is 0 Å². The topological polar surface area (TPSA) is 21.3 Å². The van der Waals surface area contributed by atoms with Crippen molar-refractivity contribution in [1.82, 2.24) is 5.32 Å². The van der Waals surface area contributed by atoms with E-state index in [-0.39, 0.29) is 5.60 Å². The van der Waals surface area contributed by atoms with Crippen molar-refractivity contribution >= 4 is 0 Å². The molecule has 1 atom stereocenters. The Morgan fingerprint density at radius 1 is 1.25 bits per heavy atom. The molecule has 2 aliphatic carbocycles. The summed E-state index contributed by atoms with van der Waals surface area (Å²) in [6, 6.07) is 8.87. The quantitative estimate of drug-likeness (QED) is 0.791. The van der Waals surface area contributed by atoms with Crippen LogP contribution in [0.3, 0.4) is 0 Å². The standard InChI is InChI=1S/C18H27NO/c1-2-19-14-13-18(11-6-12-18)20-17-10-5-8-15-7-3-4-9-16(15)17/h3-4,7,9,17,19H,2,5-6,8,10-14H2,1H3. The summed E-state index contributed by atoms with van der Waals surface area (Å²) >= 11 is 0. The molecule has 1 unspecified atom stereocenters. The average Bonchev–Trinajstić information content (AvgIpc) is 2.45. The second kappa shape index (κ2) is 6.28. The molecule has 110 valence electrons. The number of fused-ring (bicyclic) bond motifs is 1. The molecule has 0 bridgehead atoms. The Labute approximate surface area is 122 Å². The van der Waals surface area contributed by atoms with Crippen molar-refractivity contribution in [2.75, 3.05) is 13.1 Å². The van der Waals surface area contributed by atoms with E-state index in [0.29, 0.717) is 6.10 Å². The minimum absolute atomic E-state index is 0.164. The predicted octanol–water partition coefficient (Wildman–Crippen LogP) is 4.00. The van der Waals surface area contributed by atoms with E-state index in [9.17, 15) is 0 Å². The van der Waals surface area contributed by atoms with Gasteiger partial charge in [0.2, 0.25) is 0 Å². The van der Waals surface area contributed by atoms with Gasteiger partial charge in [0.05, 0.1) is 11.7 Å². The van der Waals surface area contributed by atoms with Crippen molar-refractivity contribution in [2.45, 2.75) is 63.6 Å². The number of ether oxygens (including phenoxy) is 1. The molecule has 0 amide bonds. The highest BCUT2D eigenvalue weighted by atomic mass is 16.5. The molecule has 2 heteroatoms. The van der Waals surface area contributed by atoms with E-state index in [1.165, 1.54) is 56.1 Å². The lowest BCUT2D eigenvalue weighted by Crippen LogP contribution is -2.44. The number of benzene rings is 1. The molecular weight excluding hydrogens is 246 g/mol. The fourth-order valence-corrected chi connectivity index (χ4v) is 3.62. The van der Waals surface area contributed by atoms with Crippen LogP contribution < -0.4 is 5.32 Å². The predicted molar refractivity (Wildman–Crippen MR) is 82.9 cm³/mol. The molecule has 1 saturated carbocycles. The van der Waals surface area contributed by atoms with Crippen LogP contribution in [-0.4, -0.2) is 18.7 Å². The van der Waals surface area contributed by atoms with Gasteiger partial charge in [0.1, 0.15) is 0 Å². The van der Waals surface area contributed by atoms with E-state index in [2.05, 4.69) is 36.5 Å². The minimum Gasteiger partial charge on any atom is -0.367 e.